The summed E-state index contributed by atoms with van der Waals surface area (Å²) in [5.74, 6) is -0.0626. The first kappa shape index (κ1) is 23.4. The van der Waals surface area contributed by atoms with Crippen LogP contribution in [0.5, 0.6) is 5.75 Å². The minimum atomic E-state index is -0.955. The van der Waals surface area contributed by atoms with Crippen molar-refractivity contribution in [3.8, 4) is 5.75 Å². The summed E-state index contributed by atoms with van der Waals surface area (Å²) in [6, 6.07) is 15.2. The second kappa shape index (κ2) is 11.4. The summed E-state index contributed by atoms with van der Waals surface area (Å²) in [7, 11) is 0. The van der Waals surface area contributed by atoms with Crippen LogP contribution in [-0.4, -0.2) is 34.4 Å². The summed E-state index contributed by atoms with van der Waals surface area (Å²) in [6.07, 6.45) is 10.0. The zero-order valence-electron chi connectivity index (χ0n) is 19.4. The van der Waals surface area contributed by atoms with Crippen LogP contribution in [-0.2, 0) is 4.79 Å². The molecule has 0 bridgehead atoms. The zero-order valence-corrected chi connectivity index (χ0v) is 19.4. The average Bonchev–Trinajstić information content (AvgIpc) is 2.89. The number of pyridine rings is 2. The summed E-state index contributed by atoms with van der Waals surface area (Å²) in [4.78, 5) is 37.7. The lowest BCUT2D eigenvalue weighted by atomic mass is 9.94. The van der Waals surface area contributed by atoms with Crippen LogP contribution in [0.4, 0.5) is 5.69 Å². The van der Waals surface area contributed by atoms with E-state index >= 15 is 0 Å². The lowest BCUT2D eigenvalue weighted by molar-refractivity contribution is -0.123. The van der Waals surface area contributed by atoms with Gasteiger partial charge in [0.1, 0.15) is 17.5 Å². The minimum absolute atomic E-state index is 0.0868. The van der Waals surface area contributed by atoms with E-state index < -0.39 is 6.04 Å². The van der Waals surface area contributed by atoms with Gasteiger partial charge in [-0.2, -0.15) is 0 Å². The smallest absolute Gasteiger partial charge is 0.277 e. The monoisotopic (exact) mass is 458 g/mol. The summed E-state index contributed by atoms with van der Waals surface area (Å²) < 4.78 is 5.88. The molecule has 3 aromatic rings. The number of para-hydroxylation sites is 1. The molecule has 1 aliphatic rings. The maximum Gasteiger partial charge on any atom is 0.277 e. The number of carbonyl (C=O) groups is 2. The average molecular weight is 459 g/mol. The van der Waals surface area contributed by atoms with Gasteiger partial charge in [-0.1, -0.05) is 43.5 Å². The Balaban J connectivity index is 1.82. The predicted molar refractivity (Wildman–Crippen MR) is 131 cm³/mol. The van der Waals surface area contributed by atoms with E-state index in [0.717, 1.165) is 25.7 Å². The van der Waals surface area contributed by atoms with Crippen LogP contribution in [0.1, 0.15) is 61.1 Å². The first-order chi connectivity index (χ1) is 16.7. The molecule has 0 radical (unpaired) electrons. The number of ether oxygens (including phenoxy) is 1. The number of nitrogens with one attached hydrogen (secondary N) is 1. The highest BCUT2D eigenvalue weighted by Gasteiger charge is 2.36. The van der Waals surface area contributed by atoms with Crippen LogP contribution in [0.3, 0.4) is 0 Å². The van der Waals surface area contributed by atoms with Gasteiger partial charge in [0, 0.05) is 24.0 Å². The van der Waals surface area contributed by atoms with Crippen LogP contribution in [0.15, 0.2) is 73.2 Å². The highest BCUT2D eigenvalue weighted by Crippen LogP contribution is 2.34. The van der Waals surface area contributed by atoms with E-state index in [2.05, 4.69) is 15.3 Å². The predicted octanol–water partition coefficient (Wildman–Crippen LogP) is 4.71. The quantitative estimate of drug-likeness (QED) is 0.528. The Labute approximate surface area is 200 Å². The number of anilines is 1. The number of aromatic nitrogens is 2. The third kappa shape index (κ3) is 5.42. The number of benzene rings is 1. The van der Waals surface area contributed by atoms with E-state index in [1.54, 1.807) is 48.9 Å². The van der Waals surface area contributed by atoms with Gasteiger partial charge < -0.3 is 10.1 Å². The van der Waals surface area contributed by atoms with Gasteiger partial charge in [-0.05, 0) is 50.1 Å². The molecular formula is C27H30N4O3. The fraction of sp³-hybridized carbons (Fsp3) is 0.333. The van der Waals surface area contributed by atoms with Gasteiger partial charge in [-0.25, -0.2) is 0 Å². The molecular weight excluding hydrogens is 428 g/mol. The van der Waals surface area contributed by atoms with Gasteiger partial charge in [0.2, 0.25) is 5.91 Å². The molecule has 1 atom stereocenters. The summed E-state index contributed by atoms with van der Waals surface area (Å²) >= 11 is 0. The maximum atomic E-state index is 13.9. The first-order valence-electron chi connectivity index (χ1n) is 11.9. The second-order valence-electron chi connectivity index (χ2n) is 8.32. The zero-order chi connectivity index (χ0) is 23.8. The van der Waals surface area contributed by atoms with Gasteiger partial charge >= 0.3 is 0 Å². The van der Waals surface area contributed by atoms with Crippen molar-refractivity contribution in [3.63, 3.8) is 0 Å². The van der Waals surface area contributed by atoms with Crippen LogP contribution in [0.25, 0.3) is 0 Å². The number of hydrogen-bond donors (Lipinski definition) is 1. The van der Waals surface area contributed by atoms with Crippen molar-refractivity contribution in [2.45, 2.75) is 51.1 Å². The van der Waals surface area contributed by atoms with E-state index in [0.29, 0.717) is 23.6 Å². The molecule has 0 spiro atoms. The molecule has 7 nitrogen and oxygen atoms in total. The topological polar surface area (TPSA) is 84.4 Å². The molecule has 1 aliphatic carbocycles. The Bertz CT molecular complexity index is 1090. The Hall–Kier alpha value is -3.74. The molecule has 2 aromatic heterocycles. The minimum Gasteiger partial charge on any atom is -0.493 e. The Morgan fingerprint density at radius 1 is 1.03 bits per heavy atom. The first-order valence-corrected chi connectivity index (χ1v) is 11.9. The lowest BCUT2D eigenvalue weighted by Gasteiger charge is -2.33. The molecule has 1 saturated carbocycles. The van der Waals surface area contributed by atoms with E-state index in [-0.39, 0.29) is 23.6 Å². The van der Waals surface area contributed by atoms with E-state index in [1.807, 2.05) is 31.2 Å². The highest BCUT2D eigenvalue weighted by atomic mass is 16.5. The van der Waals surface area contributed by atoms with Crippen molar-refractivity contribution < 1.29 is 14.3 Å². The molecule has 176 valence electrons. The van der Waals surface area contributed by atoms with Crippen LogP contribution < -0.4 is 15.0 Å². The maximum absolute atomic E-state index is 13.9. The fourth-order valence-electron chi connectivity index (χ4n) is 4.41. The van der Waals surface area contributed by atoms with Gasteiger partial charge in [0.15, 0.2) is 0 Å². The Morgan fingerprint density at radius 2 is 1.82 bits per heavy atom. The normalized spacial score (nSPS) is 14.7. The summed E-state index contributed by atoms with van der Waals surface area (Å²) in [5.41, 5.74) is 1.37. The molecule has 34 heavy (non-hydrogen) atoms. The van der Waals surface area contributed by atoms with Gasteiger partial charge in [-0.3, -0.25) is 24.5 Å². The standard InChI is InChI=1S/C27H30N4O3/c1-2-34-24-16-7-6-14-22(24)25(26(32)30-20-11-4-3-5-12-20)31(21-13-10-17-28-19-21)27(33)23-15-8-9-18-29-23/h6-10,13-20,25H,2-5,11-12H2,1H3,(H,30,32)/t25-/m0/s1. The molecule has 1 aromatic carbocycles. The molecule has 1 fully saturated rings. The van der Waals surface area contributed by atoms with Crippen LogP contribution in [0, 0.1) is 0 Å². The van der Waals surface area contributed by atoms with Crippen molar-refractivity contribution in [3.05, 3.63) is 84.4 Å². The highest BCUT2D eigenvalue weighted by molar-refractivity contribution is 6.09. The Morgan fingerprint density at radius 3 is 2.53 bits per heavy atom. The SMILES string of the molecule is CCOc1ccccc1[C@@H](C(=O)NC1CCCCC1)N(C(=O)c1ccccn1)c1cccnc1. The third-order valence-electron chi connectivity index (χ3n) is 6.00. The molecule has 0 unspecified atom stereocenters. The van der Waals surface area contributed by atoms with Crippen molar-refractivity contribution in [1.82, 2.24) is 15.3 Å². The van der Waals surface area contributed by atoms with Gasteiger partial charge in [0.05, 0.1) is 18.5 Å². The molecule has 7 heteroatoms. The van der Waals surface area contributed by atoms with E-state index in [9.17, 15) is 9.59 Å². The van der Waals surface area contributed by atoms with Crippen LogP contribution >= 0.6 is 0 Å². The van der Waals surface area contributed by atoms with Crippen LogP contribution in [0.2, 0.25) is 0 Å². The number of carbonyl (C=O) groups excluding carboxylic acids is 2. The molecule has 0 aliphatic heterocycles. The molecule has 0 saturated heterocycles. The fourth-order valence-corrected chi connectivity index (χ4v) is 4.41. The van der Waals surface area contributed by atoms with Crippen molar-refractivity contribution in [1.29, 1.82) is 0 Å². The second-order valence-corrected chi connectivity index (χ2v) is 8.32. The van der Waals surface area contributed by atoms with Crippen molar-refractivity contribution in [2.24, 2.45) is 0 Å². The van der Waals surface area contributed by atoms with Gasteiger partial charge in [-0.15, -0.1) is 0 Å². The number of rotatable bonds is 8. The molecule has 2 amide bonds. The number of nitrogens with zero attached hydrogens (tertiary/aromatic N) is 3. The molecule has 4 rings (SSSR count). The van der Waals surface area contributed by atoms with Crippen molar-refractivity contribution >= 4 is 17.5 Å². The Kier molecular flexibility index (Phi) is 7.86. The van der Waals surface area contributed by atoms with Crippen molar-refractivity contribution in [2.75, 3.05) is 11.5 Å². The summed E-state index contributed by atoms with van der Waals surface area (Å²) in [5, 5.41) is 3.21. The number of amides is 2. The van der Waals surface area contributed by atoms with Gasteiger partial charge in [0.25, 0.3) is 5.91 Å². The molecule has 1 N–H and O–H groups in total. The number of hydrogen-bond acceptors (Lipinski definition) is 5. The lowest BCUT2D eigenvalue weighted by Crippen LogP contribution is -2.47. The van der Waals surface area contributed by atoms with E-state index in [1.165, 1.54) is 11.3 Å². The van der Waals surface area contributed by atoms with E-state index in [4.69, 9.17) is 4.74 Å². The largest absolute Gasteiger partial charge is 0.493 e. The summed E-state index contributed by atoms with van der Waals surface area (Å²) in [6.45, 7) is 2.33. The third-order valence-corrected chi connectivity index (χ3v) is 6.00. The molecule has 2 heterocycles.